The van der Waals surface area contributed by atoms with Gasteiger partial charge in [0.05, 0.1) is 11.2 Å². The minimum atomic E-state index is -0.391. The highest BCUT2D eigenvalue weighted by Crippen LogP contribution is 2.33. The normalized spacial score (nSPS) is 15.7. The number of carbonyl (C=O) groups excluding carboxylic acids is 2. The van der Waals surface area contributed by atoms with E-state index in [4.69, 9.17) is 11.6 Å². The molecule has 1 aromatic carbocycles. The summed E-state index contributed by atoms with van der Waals surface area (Å²) < 4.78 is 15.0. The van der Waals surface area contributed by atoms with Gasteiger partial charge in [0, 0.05) is 42.9 Å². The van der Waals surface area contributed by atoms with Crippen LogP contribution in [0.1, 0.15) is 52.9 Å². The summed E-state index contributed by atoms with van der Waals surface area (Å²) in [5.74, 6) is 6.38. The number of rotatable bonds is 5. The Morgan fingerprint density at radius 2 is 1.86 bits per heavy atom. The third kappa shape index (κ3) is 6.00. The van der Waals surface area contributed by atoms with E-state index < -0.39 is 5.91 Å². The molecule has 1 aliphatic heterocycles. The lowest BCUT2D eigenvalue weighted by Crippen LogP contribution is -2.40. The van der Waals surface area contributed by atoms with E-state index in [1.807, 2.05) is 17.9 Å². The number of likely N-dealkylation sites (tertiary alicyclic amines) is 1. The van der Waals surface area contributed by atoms with Gasteiger partial charge in [-0.25, -0.2) is 9.37 Å². The van der Waals surface area contributed by atoms with Crippen LogP contribution in [0.2, 0.25) is 5.02 Å². The van der Waals surface area contributed by atoms with Gasteiger partial charge in [-0.2, -0.15) is 5.10 Å². The van der Waals surface area contributed by atoms with E-state index in [1.54, 1.807) is 23.0 Å². The van der Waals surface area contributed by atoms with Gasteiger partial charge in [-0.05, 0) is 68.4 Å². The smallest absolute Gasteiger partial charge is 0.276 e. The number of aryl methyl sites for hydroxylation is 1. The molecule has 0 radical (unpaired) electrons. The Balaban J connectivity index is 1.23. The van der Waals surface area contributed by atoms with Crippen LogP contribution in [0, 0.1) is 36.4 Å². The van der Waals surface area contributed by atoms with Gasteiger partial charge in [-0.15, -0.1) is 0 Å². The number of halogens is 2. The molecule has 0 unspecified atom stereocenters. The first-order valence-corrected chi connectivity index (χ1v) is 12.8. The number of hydrogen-bond donors (Lipinski definition) is 1. The maximum atomic E-state index is 13.4. The standard InChI is InChI=1S/C28H27ClFN5O2/c1-18-13-21(6-5-19-3-2-4-23(30)14-19)15-31-26(18)33-27(36)25-24(29)16-32-35(25)17-20-9-11-34(12-10-20)28(37)22-7-8-22/h2-4,13-16,20,22H,7-12,17H2,1H3,(H,31,33,36). The molecule has 0 atom stereocenters. The minimum Gasteiger partial charge on any atom is -0.342 e. The molecular weight excluding hydrogens is 493 g/mol. The molecule has 2 amide bonds. The minimum absolute atomic E-state index is 0.239. The Bertz CT molecular complexity index is 1400. The van der Waals surface area contributed by atoms with E-state index in [1.165, 1.54) is 18.3 Å². The van der Waals surface area contributed by atoms with Gasteiger partial charge < -0.3 is 10.2 Å². The van der Waals surface area contributed by atoms with Crippen LogP contribution in [-0.2, 0) is 11.3 Å². The number of benzene rings is 1. The molecule has 9 heteroatoms. The van der Waals surface area contributed by atoms with Gasteiger partial charge in [0.25, 0.3) is 5.91 Å². The van der Waals surface area contributed by atoms with E-state index in [0.717, 1.165) is 44.3 Å². The van der Waals surface area contributed by atoms with Crippen LogP contribution in [0.3, 0.4) is 0 Å². The first-order valence-electron chi connectivity index (χ1n) is 12.4. The van der Waals surface area contributed by atoms with Crippen molar-refractivity contribution in [3.63, 3.8) is 0 Å². The Hall–Kier alpha value is -3.70. The summed E-state index contributed by atoms with van der Waals surface area (Å²) >= 11 is 6.34. The molecule has 37 heavy (non-hydrogen) atoms. The van der Waals surface area contributed by atoms with Crippen LogP contribution in [0.4, 0.5) is 10.2 Å². The van der Waals surface area contributed by atoms with Crippen LogP contribution in [0.25, 0.3) is 0 Å². The van der Waals surface area contributed by atoms with Crippen LogP contribution in [-0.4, -0.2) is 44.6 Å². The van der Waals surface area contributed by atoms with Gasteiger partial charge >= 0.3 is 0 Å². The summed E-state index contributed by atoms with van der Waals surface area (Å²) in [6, 6.07) is 7.88. The molecule has 5 rings (SSSR count). The second kappa shape index (κ2) is 10.7. The summed E-state index contributed by atoms with van der Waals surface area (Å²) in [4.78, 5) is 31.8. The predicted molar refractivity (Wildman–Crippen MR) is 139 cm³/mol. The third-order valence-corrected chi connectivity index (χ3v) is 7.06. The summed E-state index contributed by atoms with van der Waals surface area (Å²) in [5, 5.41) is 7.45. The largest absolute Gasteiger partial charge is 0.342 e. The van der Waals surface area contributed by atoms with Crippen LogP contribution in [0.15, 0.2) is 42.7 Å². The zero-order valence-corrected chi connectivity index (χ0v) is 21.3. The average molecular weight is 520 g/mol. The van der Waals surface area contributed by atoms with Crippen molar-refractivity contribution < 1.29 is 14.0 Å². The lowest BCUT2D eigenvalue weighted by molar-refractivity contribution is -0.134. The molecule has 2 aromatic heterocycles. The molecule has 1 aliphatic carbocycles. The number of amides is 2. The highest BCUT2D eigenvalue weighted by Gasteiger charge is 2.35. The highest BCUT2D eigenvalue weighted by atomic mass is 35.5. The van der Waals surface area contributed by atoms with E-state index in [9.17, 15) is 14.0 Å². The van der Waals surface area contributed by atoms with E-state index >= 15 is 0 Å². The average Bonchev–Trinajstić information content (AvgIpc) is 3.67. The third-order valence-electron chi connectivity index (χ3n) is 6.78. The van der Waals surface area contributed by atoms with Crippen molar-refractivity contribution in [2.45, 2.75) is 39.2 Å². The van der Waals surface area contributed by atoms with Gasteiger partial charge in [0.2, 0.25) is 5.91 Å². The molecule has 0 bridgehead atoms. The summed E-state index contributed by atoms with van der Waals surface area (Å²) in [6.45, 7) is 3.87. The van der Waals surface area contributed by atoms with Crippen LogP contribution < -0.4 is 5.32 Å². The highest BCUT2D eigenvalue weighted by molar-refractivity contribution is 6.34. The Morgan fingerprint density at radius 3 is 2.57 bits per heavy atom. The fourth-order valence-electron chi connectivity index (χ4n) is 4.55. The quantitative estimate of drug-likeness (QED) is 0.496. The van der Waals surface area contributed by atoms with Gasteiger partial charge in [-0.1, -0.05) is 29.5 Å². The summed E-state index contributed by atoms with van der Waals surface area (Å²) in [6.07, 6.45) is 6.81. The number of nitrogens with zero attached hydrogens (tertiary/aromatic N) is 4. The number of aromatic nitrogens is 3. The van der Waals surface area contributed by atoms with Gasteiger partial charge in [0.1, 0.15) is 17.3 Å². The second-order valence-electron chi connectivity index (χ2n) is 9.67. The molecule has 2 aliphatic rings. The van der Waals surface area contributed by atoms with Crippen molar-refractivity contribution in [2.24, 2.45) is 11.8 Å². The van der Waals surface area contributed by atoms with Crippen LogP contribution >= 0.6 is 11.6 Å². The monoisotopic (exact) mass is 519 g/mol. The fraction of sp³-hybridized carbons (Fsp3) is 0.357. The first-order chi connectivity index (χ1) is 17.9. The summed E-state index contributed by atoms with van der Waals surface area (Å²) in [5.41, 5.74) is 2.23. The first kappa shape index (κ1) is 25.0. The predicted octanol–water partition coefficient (Wildman–Crippen LogP) is 4.68. The fourth-order valence-corrected chi connectivity index (χ4v) is 4.77. The number of pyridine rings is 1. The molecule has 7 nitrogen and oxygen atoms in total. The topological polar surface area (TPSA) is 80.1 Å². The van der Waals surface area contributed by atoms with Crippen LogP contribution in [0.5, 0.6) is 0 Å². The molecule has 3 heterocycles. The van der Waals surface area contributed by atoms with Crippen molar-refractivity contribution in [3.05, 3.63) is 75.9 Å². The maximum absolute atomic E-state index is 13.4. The molecule has 1 saturated carbocycles. The van der Waals surface area contributed by atoms with E-state index in [2.05, 4.69) is 27.2 Å². The lowest BCUT2D eigenvalue weighted by atomic mass is 9.96. The zero-order chi connectivity index (χ0) is 25.9. The van der Waals surface area contributed by atoms with Crippen molar-refractivity contribution in [1.82, 2.24) is 19.7 Å². The summed E-state index contributed by atoms with van der Waals surface area (Å²) in [7, 11) is 0. The number of anilines is 1. The number of piperidine rings is 1. The van der Waals surface area contributed by atoms with Gasteiger partial charge in [0.15, 0.2) is 0 Å². The van der Waals surface area contributed by atoms with E-state index in [-0.39, 0.29) is 28.4 Å². The number of carbonyl (C=O) groups is 2. The molecule has 2 fully saturated rings. The second-order valence-corrected chi connectivity index (χ2v) is 10.1. The SMILES string of the molecule is Cc1cc(C#Cc2cccc(F)c2)cnc1NC(=O)c1c(Cl)cnn1CC1CCN(C(=O)C2CC2)CC1. The van der Waals surface area contributed by atoms with Crippen molar-refractivity contribution in [2.75, 3.05) is 18.4 Å². The zero-order valence-electron chi connectivity index (χ0n) is 20.5. The molecular formula is C28H27ClFN5O2. The number of nitrogens with one attached hydrogen (secondary N) is 1. The molecule has 0 spiro atoms. The van der Waals surface area contributed by atoms with Gasteiger partial charge in [-0.3, -0.25) is 14.3 Å². The van der Waals surface area contributed by atoms with Crippen molar-refractivity contribution in [1.29, 1.82) is 0 Å². The molecule has 3 aromatic rings. The molecule has 1 N–H and O–H groups in total. The maximum Gasteiger partial charge on any atom is 0.276 e. The van der Waals surface area contributed by atoms with Crippen molar-refractivity contribution >= 4 is 29.2 Å². The Labute approximate surface area is 220 Å². The van der Waals surface area contributed by atoms with E-state index in [0.29, 0.717) is 29.4 Å². The van der Waals surface area contributed by atoms with Crippen molar-refractivity contribution in [3.8, 4) is 11.8 Å². The lowest BCUT2D eigenvalue weighted by Gasteiger charge is -2.32. The Morgan fingerprint density at radius 1 is 1.11 bits per heavy atom. The molecule has 1 saturated heterocycles. The molecule has 190 valence electrons. The Kier molecular flexibility index (Phi) is 7.24. The number of hydrogen-bond acceptors (Lipinski definition) is 4.